The summed E-state index contributed by atoms with van der Waals surface area (Å²) in [6.07, 6.45) is 15.6. The highest BCUT2D eigenvalue weighted by molar-refractivity contribution is 5.48. The fraction of sp³-hybridized carbons (Fsp3) is 0.722. The van der Waals surface area contributed by atoms with E-state index in [-0.39, 0.29) is 6.42 Å². The quantitative estimate of drug-likeness (QED) is 0.161. The minimum Gasteiger partial charge on any atom is -0.386 e. The third kappa shape index (κ3) is 12.7. The van der Waals surface area contributed by atoms with Gasteiger partial charge in [-0.3, -0.25) is 10.1 Å². The monoisotopic (exact) mass is 325 g/mol. The van der Waals surface area contributed by atoms with Gasteiger partial charge in [0.2, 0.25) is 6.04 Å². The van der Waals surface area contributed by atoms with E-state index in [1.165, 1.54) is 12.8 Å². The Labute approximate surface area is 139 Å². The third-order valence-corrected chi connectivity index (χ3v) is 3.72. The number of hydrogen-bond acceptors (Lipinski definition) is 4. The molecular weight excluding hydrogens is 294 g/mol. The van der Waals surface area contributed by atoms with Gasteiger partial charge < -0.3 is 9.90 Å². The number of allylic oxidation sites excluding steroid dienone is 2. The fourth-order valence-electron chi connectivity index (χ4n) is 2.25. The second-order valence-electron chi connectivity index (χ2n) is 5.78. The van der Waals surface area contributed by atoms with Crippen LogP contribution in [0.2, 0.25) is 0 Å². The van der Waals surface area contributed by atoms with Crippen molar-refractivity contribution in [1.29, 1.82) is 0 Å². The summed E-state index contributed by atoms with van der Waals surface area (Å²) in [5, 5.41) is 21.1. The molecule has 0 aromatic rings. The van der Waals surface area contributed by atoms with Gasteiger partial charge in [0, 0.05) is 17.8 Å². The first-order valence-corrected chi connectivity index (χ1v) is 8.68. The molecule has 0 aromatic carbocycles. The van der Waals surface area contributed by atoms with Crippen molar-refractivity contribution >= 4 is 6.29 Å². The normalized spacial score (nSPS) is 14.3. The molecule has 0 aliphatic rings. The van der Waals surface area contributed by atoms with Crippen LogP contribution in [0.3, 0.4) is 0 Å². The third-order valence-electron chi connectivity index (χ3n) is 3.72. The van der Waals surface area contributed by atoms with E-state index < -0.39 is 17.1 Å². The van der Waals surface area contributed by atoms with E-state index in [1.807, 2.05) is 18.2 Å². The molecule has 2 unspecified atom stereocenters. The number of unbranched alkanes of at least 4 members (excludes halogenated alkanes) is 6. The van der Waals surface area contributed by atoms with Gasteiger partial charge in [-0.2, -0.15) is 0 Å². The number of carbonyl (C=O) groups is 1. The summed E-state index contributed by atoms with van der Waals surface area (Å²) in [5.74, 6) is 0. The molecule has 132 valence electrons. The van der Waals surface area contributed by atoms with Crippen LogP contribution in [0.4, 0.5) is 0 Å². The zero-order valence-corrected chi connectivity index (χ0v) is 14.2. The van der Waals surface area contributed by atoms with Crippen molar-refractivity contribution in [3.8, 4) is 0 Å². The lowest BCUT2D eigenvalue weighted by atomic mass is 10.0. The molecule has 0 saturated carbocycles. The molecule has 2 atom stereocenters. The van der Waals surface area contributed by atoms with Gasteiger partial charge >= 0.3 is 0 Å². The zero-order valence-electron chi connectivity index (χ0n) is 14.2. The minimum absolute atomic E-state index is 0.242. The summed E-state index contributed by atoms with van der Waals surface area (Å²) < 4.78 is 0. The maximum atomic E-state index is 11.1. The van der Waals surface area contributed by atoms with Crippen LogP contribution in [-0.2, 0) is 4.79 Å². The largest absolute Gasteiger partial charge is 0.386 e. The first-order chi connectivity index (χ1) is 11.1. The number of aliphatic hydroxyl groups is 1. The molecule has 0 radical (unpaired) electrons. The van der Waals surface area contributed by atoms with Crippen molar-refractivity contribution in [1.82, 2.24) is 0 Å². The lowest BCUT2D eigenvalue weighted by molar-refractivity contribution is -0.533. The number of hydrogen-bond donors (Lipinski definition) is 1. The van der Waals surface area contributed by atoms with E-state index in [0.29, 0.717) is 12.8 Å². The van der Waals surface area contributed by atoms with Gasteiger partial charge in [0.25, 0.3) is 0 Å². The standard InChI is InChI=1S/C18H31NO4/c1-2-3-4-5-9-12-15-18(21)17(19(22)23)14-11-8-6-7-10-13-16-20/h8-9,11-12,16-18,21H,2-7,10,13-15H2,1H3/b11-8-,12-9-. The number of rotatable bonds is 15. The zero-order chi connectivity index (χ0) is 17.3. The Morgan fingerprint density at radius 1 is 0.957 bits per heavy atom. The summed E-state index contributed by atoms with van der Waals surface area (Å²) >= 11 is 0. The average molecular weight is 325 g/mol. The highest BCUT2D eigenvalue weighted by Gasteiger charge is 2.27. The molecule has 5 nitrogen and oxygen atoms in total. The highest BCUT2D eigenvalue weighted by Crippen LogP contribution is 2.11. The first kappa shape index (κ1) is 21.5. The summed E-state index contributed by atoms with van der Waals surface area (Å²) in [7, 11) is 0. The molecule has 0 fully saturated rings. The summed E-state index contributed by atoms with van der Waals surface area (Å²) in [6, 6.07) is -0.957. The van der Waals surface area contributed by atoms with E-state index in [4.69, 9.17) is 0 Å². The van der Waals surface area contributed by atoms with Gasteiger partial charge in [-0.25, -0.2) is 0 Å². The maximum absolute atomic E-state index is 11.1. The van der Waals surface area contributed by atoms with Crippen molar-refractivity contribution in [2.45, 2.75) is 83.3 Å². The SMILES string of the molecule is CCCCC/C=C\CC(O)C(C/C=C\CCCCC=O)[N+](=O)[O-]. The van der Waals surface area contributed by atoms with Crippen LogP contribution in [0.1, 0.15) is 71.1 Å². The number of aldehydes is 1. The van der Waals surface area contributed by atoms with Crippen LogP contribution < -0.4 is 0 Å². The van der Waals surface area contributed by atoms with E-state index in [0.717, 1.165) is 38.4 Å². The van der Waals surface area contributed by atoms with Crippen LogP contribution in [0.25, 0.3) is 0 Å². The van der Waals surface area contributed by atoms with Crippen molar-refractivity contribution in [2.24, 2.45) is 0 Å². The molecule has 0 spiro atoms. The van der Waals surface area contributed by atoms with Gasteiger partial charge in [0.05, 0.1) is 0 Å². The fourth-order valence-corrected chi connectivity index (χ4v) is 2.25. The Hall–Kier alpha value is -1.49. The summed E-state index contributed by atoms with van der Waals surface area (Å²) in [4.78, 5) is 20.8. The molecular formula is C18H31NO4. The Morgan fingerprint density at radius 2 is 1.52 bits per heavy atom. The topological polar surface area (TPSA) is 80.4 Å². The van der Waals surface area contributed by atoms with Crippen molar-refractivity contribution < 1.29 is 14.8 Å². The molecule has 0 heterocycles. The summed E-state index contributed by atoms with van der Waals surface area (Å²) in [6.45, 7) is 2.14. The average Bonchev–Trinajstić information content (AvgIpc) is 2.52. The summed E-state index contributed by atoms with van der Waals surface area (Å²) in [5.41, 5.74) is 0. The molecule has 0 aliphatic carbocycles. The molecule has 0 bridgehead atoms. The molecule has 1 N–H and O–H groups in total. The predicted octanol–water partition coefficient (Wildman–Crippen LogP) is 4.22. The van der Waals surface area contributed by atoms with Crippen LogP contribution in [0.5, 0.6) is 0 Å². The Bertz CT molecular complexity index is 366. The van der Waals surface area contributed by atoms with Crippen LogP contribution in [-0.4, -0.2) is 28.5 Å². The second kappa shape index (κ2) is 15.4. The Kier molecular flexibility index (Phi) is 14.4. The van der Waals surface area contributed by atoms with Crippen LogP contribution >= 0.6 is 0 Å². The smallest absolute Gasteiger partial charge is 0.242 e. The number of carbonyl (C=O) groups excluding carboxylic acids is 1. The number of nitrogens with zero attached hydrogens (tertiary/aromatic N) is 1. The van der Waals surface area contributed by atoms with Crippen LogP contribution in [0.15, 0.2) is 24.3 Å². The van der Waals surface area contributed by atoms with Gasteiger partial charge in [-0.15, -0.1) is 0 Å². The predicted molar refractivity (Wildman–Crippen MR) is 93.0 cm³/mol. The van der Waals surface area contributed by atoms with E-state index in [1.54, 1.807) is 6.08 Å². The molecule has 0 aromatic heterocycles. The molecule has 23 heavy (non-hydrogen) atoms. The van der Waals surface area contributed by atoms with Crippen molar-refractivity contribution in [3.05, 3.63) is 34.4 Å². The van der Waals surface area contributed by atoms with E-state index in [9.17, 15) is 20.0 Å². The minimum atomic E-state index is -0.957. The van der Waals surface area contributed by atoms with Crippen molar-refractivity contribution in [3.63, 3.8) is 0 Å². The van der Waals surface area contributed by atoms with E-state index in [2.05, 4.69) is 6.92 Å². The Morgan fingerprint density at radius 3 is 2.09 bits per heavy atom. The lowest BCUT2D eigenvalue weighted by Gasteiger charge is -2.12. The Balaban J connectivity index is 4.05. The van der Waals surface area contributed by atoms with Crippen molar-refractivity contribution in [2.75, 3.05) is 0 Å². The van der Waals surface area contributed by atoms with Gasteiger partial charge in [-0.1, -0.05) is 44.1 Å². The van der Waals surface area contributed by atoms with Gasteiger partial charge in [0.1, 0.15) is 12.4 Å². The first-order valence-electron chi connectivity index (χ1n) is 8.68. The highest BCUT2D eigenvalue weighted by atomic mass is 16.6. The molecule has 0 aliphatic heterocycles. The molecule has 0 amide bonds. The number of aliphatic hydroxyl groups excluding tert-OH is 1. The van der Waals surface area contributed by atoms with E-state index >= 15 is 0 Å². The second-order valence-corrected chi connectivity index (χ2v) is 5.78. The van der Waals surface area contributed by atoms with Gasteiger partial charge in [-0.05, 0) is 38.5 Å². The van der Waals surface area contributed by atoms with Gasteiger partial charge in [0.15, 0.2) is 0 Å². The number of nitro groups is 1. The lowest BCUT2D eigenvalue weighted by Crippen LogP contribution is -2.32. The molecule has 0 saturated heterocycles. The molecule has 0 rings (SSSR count). The maximum Gasteiger partial charge on any atom is 0.242 e. The molecule has 5 heteroatoms. The van der Waals surface area contributed by atoms with Crippen LogP contribution in [0, 0.1) is 10.1 Å².